The Morgan fingerprint density at radius 1 is 1.10 bits per heavy atom. The second kappa shape index (κ2) is 5.27. The largest absolute Gasteiger partial charge is 0.550 e. The Morgan fingerprint density at radius 2 is 1.75 bits per heavy atom. The van der Waals surface area contributed by atoms with Crippen LogP contribution in [0.5, 0.6) is 0 Å². The van der Waals surface area contributed by atoms with E-state index in [-0.39, 0.29) is 17.7 Å². The van der Waals surface area contributed by atoms with E-state index in [1.165, 1.54) is 0 Å². The lowest BCUT2D eigenvalue weighted by Crippen LogP contribution is -2.45. The van der Waals surface area contributed by atoms with E-state index >= 15 is 0 Å². The van der Waals surface area contributed by atoms with Crippen LogP contribution in [0.4, 0.5) is 0 Å². The van der Waals surface area contributed by atoms with Crippen molar-refractivity contribution in [3.05, 3.63) is 35.9 Å². The van der Waals surface area contributed by atoms with Gasteiger partial charge in [0.15, 0.2) is 0 Å². The molecule has 0 aliphatic heterocycles. The first-order valence-corrected chi connectivity index (χ1v) is 7.19. The van der Waals surface area contributed by atoms with Crippen LogP contribution in [0.15, 0.2) is 30.3 Å². The van der Waals surface area contributed by atoms with Gasteiger partial charge in [-0.25, -0.2) is 0 Å². The van der Waals surface area contributed by atoms with Crippen LogP contribution in [0.1, 0.15) is 24.8 Å². The number of aliphatic carboxylic acids is 1. The van der Waals surface area contributed by atoms with Gasteiger partial charge in [0.25, 0.3) is 0 Å². The molecule has 1 amide bonds. The summed E-state index contributed by atoms with van der Waals surface area (Å²) in [6, 6.07) is 9.65. The highest BCUT2D eigenvalue weighted by atomic mass is 16.4. The summed E-state index contributed by atoms with van der Waals surface area (Å²) in [7, 11) is 0. The molecule has 2 saturated carbocycles. The molecule has 106 valence electrons. The maximum Gasteiger partial charge on any atom is 0.224 e. The van der Waals surface area contributed by atoms with Crippen molar-refractivity contribution in [1.82, 2.24) is 5.32 Å². The Labute approximate surface area is 118 Å². The second-order valence-electron chi connectivity index (χ2n) is 5.91. The highest BCUT2D eigenvalue weighted by Gasteiger charge is 2.51. The molecule has 0 saturated heterocycles. The number of carbonyl (C=O) groups is 2. The third-order valence-corrected chi connectivity index (χ3v) is 4.80. The number of hydrogen-bond acceptors (Lipinski definition) is 3. The summed E-state index contributed by atoms with van der Waals surface area (Å²) in [6.45, 7) is 0.452. The molecule has 2 aliphatic carbocycles. The zero-order valence-corrected chi connectivity index (χ0v) is 11.2. The first kappa shape index (κ1) is 13.2. The average molecular weight is 272 g/mol. The van der Waals surface area contributed by atoms with Gasteiger partial charge >= 0.3 is 0 Å². The van der Waals surface area contributed by atoms with Crippen molar-refractivity contribution in [2.75, 3.05) is 0 Å². The summed E-state index contributed by atoms with van der Waals surface area (Å²) < 4.78 is 0. The molecule has 4 heteroatoms. The monoisotopic (exact) mass is 272 g/mol. The van der Waals surface area contributed by atoms with Crippen LogP contribution in [-0.2, 0) is 16.1 Å². The van der Waals surface area contributed by atoms with Gasteiger partial charge in [-0.3, -0.25) is 4.79 Å². The van der Waals surface area contributed by atoms with Gasteiger partial charge in [-0.15, -0.1) is 0 Å². The van der Waals surface area contributed by atoms with Crippen molar-refractivity contribution in [1.29, 1.82) is 0 Å². The van der Waals surface area contributed by atoms with Gasteiger partial charge in [0.2, 0.25) is 5.91 Å². The predicted molar refractivity (Wildman–Crippen MR) is 71.1 cm³/mol. The van der Waals surface area contributed by atoms with E-state index in [0.29, 0.717) is 6.54 Å². The van der Waals surface area contributed by atoms with E-state index in [1.54, 1.807) is 0 Å². The van der Waals surface area contributed by atoms with E-state index in [1.807, 2.05) is 30.3 Å². The molecule has 1 aromatic carbocycles. The smallest absolute Gasteiger partial charge is 0.224 e. The second-order valence-corrected chi connectivity index (χ2v) is 5.91. The molecule has 2 aliphatic rings. The van der Waals surface area contributed by atoms with Crippen molar-refractivity contribution < 1.29 is 14.7 Å². The number of hydrogen-bond donors (Lipinski definition) is 1. The number of rotatable bonds is 4. The van der Waals surface area contributed by atoms with Crippen LogP contribution < -0.4 is 10.4 Å². The number of carboxylic acid groups (broad SMARTS) is 1. The fourth-order valence-corrected chi connectivity index (χ4v) is 3.91. The number of carbonyl (C=O) groups excluding carboxylic acids is 2. The molecule has 2 bridgehead atoms. The van der Waals surface area contributed by atoms with Crippen molar-refractivity contribution in [3.63, 3.8) is 0 Å². The molecule has 3 rings (SSSR count). The first-order chi connectivity index (χ1) is 9.66. The molecule has 0 spiro atoms. The molecule has 20 heavy (non-hydrogen) atoms. The fraction of sp³-hybridized carbons (Fsp3) is 0.500. The Kier molecular flexibility index (Phi) is 3.47. The zero-order chi connectivity index (χ0) is 14.1. The van der Waals surface area contributed by atoms with Crippen LogP contribution >= 0.6 is 0 Å². The molecule has 0 radical (unpaired) electrons. The van der Waals surface area contributed by atoms with Crippen molar-refractivity contribution in [2.24, 2.45) is 23.7 Å². The van der Waals surface area contributed by atoms with Gasteiger partial charge in [-0.2, -0.15) is 0 Å². The molecule has 4 atom stereocenters. The lowest BCUT2D eigenvalue weighted by Gasteiger charge is -2.30. The lowest BCUT2D eigenvalue weighted by molar-refractivity contribution is -0.314. The van der Waals surface area contributed by atoms with E-state index in [0.717, 1.165) is 24.8 Å². The molecule has 1 N–H and O–H groups in total. The van der Waals surface area contributed by atoms with Gasteiger partial charge in [-0.1, -0.05) is 30.3 Å². The summed E-state index contributed by atoms with van der Waals surface area (Å²) >= 11 is 0. The predicted octanol–water partition coefficient (Wildman–Crippen LogP) is 0.715. The molecule has 0 unspecified atom stereocenters. The zero-order valence-electron chi connectivity index (χ0n) is 11.2. The van der Waals surface area contributed by atoms with Crippen LogP contribution in [0.2, 0.25) is 0 Å². The van der Waals surface area contributed by atoms with Crippen LogP contribution in [0, 0.1) is 23.7 Å². The van der Waals surface area contributed by atoms with E-state index < -0.39 is 17.8 Å². The van der Waals surface area contributed by atoms with Gasteiger partial charge < -0.3 is 15.2 Å². The first-order valence-electron chi connectivity index (χ1n) is 7.19. The molecule has 0 aromatic heterocycles. The Morgan fingerprint density at radius 3 is 2.40 bits per heavy atom. The molecule has 0 heterocycles. The van der Waals surface area contributed by atoms with Gasteiger partial charge in [0.1, 0.15) is 0 Å². The quantitative estimate of drug-likeness (QED) is 0.878. The maximum absolute atomic E-state index is 12.3. The summed E-state index contributed by atoms with van der Waals surface area (Å²) in [5, 5.41) is 14.2. The SMILES string of the molecule is O=C(NCc1ccccc1)[C@@H]1[C@H]2CC[C@@H](C2)[C@@H]1C(=O)[O-]. The third-order valence-electron chi connectivity index (χ3n) is 4.80. The number of carboxylic acids is 1. The number of benzene rings is 1. The highest BCUT2D eigenvalue weighted by molar-refractivity contribution is 5.85. The Hall–Kier alpha value is -1.84. The number of fused-ring (bicyclic) bond motifs is 2. The lowest BCUT2D eigenvalue weighted by atomic mass is 9.78. The summed E-state index contributed by atoms with van der Waals surface area (Å²) in [5.41, 5.74) is 1.02. The number of nitrogens with one attached hydrogen (secondary N) is 1. The summed E-state index contributed by atoms with van der Waals surface area (Å²) in [4.78, 5) is 23.6. The molecular weight excluding hydrogens is 254 g/mol. The molecule has 1 aromatic rings. The van der Waals surface area contributed by atoms with Crippen molar-refractivity contribution in [2.45, 2.75) is 25.8 Å². The standard InChI is InChI=1S/C16H19NO3/c18-15(17-9-10-4-2-1-3-5-10)13-11-6-7-12(8-11)14(13)16(19)20/h1-5,11-14H,6-9H2,(H,17,18)(H,19,20)/p-1/t11-,12-,13+,14-/m0/s1. The van der Waals surface area contributed by atoms with Crippen LogP contribution in [0.3, 0.4) is 0 Å². The normalized spacial score (nSPS) is 31.2. The minimum absolute atomic E-state index is 0.129. The fourth-order valence-electron chi connectivity index (χ4n) is 3.91. The van der Waals surface area contributed by atoms with Crippen molar-refractivity contribution >= 4 is 11.9 Å². The highest BCUT2D eigenvalue weighted by Crippen LogP contribution is 2.52. The van der Waals surface area contributed by atoms with E-state index in [9.17, 15) is 14.7 Å². The average Bonchev–Trinajstić information content (AvgIpc) is 3.06. The Bertz CT molecular complexity index is 514. The van der Waals surface area contributed by atoms with Crippen molar-refractivity contribution in [3.8, 4) is 0 Å². The van der Waals surface area contributed by atoms with Gasteiger partial charge in [-0.05, 0) is 36.7 Å². The van der Waals surface area contributed by atoms with Gasteiger partial charge in [0, 0.05) is 24.3 Å². The maximum atomic E-state index is 12.3. The molecule has 2 fully saturated rings. The summed E-state index contributed by atoms with van der Waals surface area (Å²) in [5.74, 6) is -1.82. The molecule has 4 nitrogen and oxygen atoms in total. The minimum atomic E-state index is -1.06. The third kappa shape index (κ3) is 2.30. The van der Waals surface area contributed by atoms with E-state index in [4.69, 9.17) is 0 Å². The Balaban J connectivity index is 1.66. The summed E-state index contributed by atoms with van der Waals surface area (Å²) in [6.07, 6.45) is 2.76. The van der Waals surface area contributed by atoms with Crippen LogP contribution in [-0.4, -0.2) is 11.9 Å². The topological polar surface area (TPSA) is 69.2 Å². The van der Waals surface area contributed by atoms with Crippen LogP contribution in [0.25, 0.3) is 0 Å². The molecular formula is C16H18NO3-. The van der Waals surface area contributed by atoms with Gasteiger partial charge in [0.05, 0.1) is 0 Å². The van der Waals surface area contributed by atoms with E-state index in [2.05, 4.69) is 5.32 Å². The number of amides is 1. The minimum Gasteiger partial charge on any atom is -0.550 e.